The lowest BCUT2D eigenvalue weighted by molar-refractivity contribution is -0.118. The number of primary sulfonamides is 1. The molecule has 15 heavy (non-hydrogen) atoms. The van der Waals surface area contributed by atoms with Crippen LogP contribution in [-0.2, 0) is 14.8 Å². The number of sulfonamides is 1. The van der Waals surface area contributed by atoms with Crippen LogP contribution in [0.4, 0.5) is 0 Å². The first-order valence-electron chi connectivity index (χ1n) is 4.24. The maximum Gasteiger partial charge on any atom is 0.216 e. The van der Waals surface area contributed by atoms with Crippen molar-refractivity contribution in [2.75, 3.05) is 5.75 Å². The Hall–Kier alpha value is -1.24. The Labute approximate surface area is 88.1 Å². The van der Waals surface area contributed by atoms with Gasteiger partial charge in [0.25, 0.3) is 0 Å². The molecule has 1 atom stereocenters. The van der Waals surface area contributed by atoms with Crippen LogP contribution >= 0.6 is 0 Å². The number of carbonyl (C=O) groups is 1. The zero-order valence-corrected chi connectivity index (χ0v) is 8.78. The molecule has 0 bridgehead atoms. The molecule has 0 aliphatic rings. The summed E-state index contributed by atoms with van der Waals surface area (Å²) in [6.07, 6.45) is 0. The number of benzene rings is 1. The fourth-order valence-electron chi connectivity index (χ4n) is 1.13. The molecule has 1 unspecified atom stereocenters. The monoisotopic (exact) mass is 228 g/mol. The van der Waals surface area contributed by atoms with Gasteiger partial charge in [-0.2, -0.15) is 0 Å². The van der Waals surface area contributed by atoms with Crippen LogP contribution in [0.3, 0.4) is 0 Å². The predicted molar refractivity (Wildman–Crippen MR) is 56.4 cm³/mol. The Morgan fingerprint density at radius 2 is 1.80 bits per heavy atom. The van der Waals surface area contributed by atoms with Gasteiger partial charge in [0.2, 0.25) is 10.0 Å². The Morgan fingerprint density at radius 1 is 1.27 bits per heavy atom. The standard InChI is InChI=1S/C9H12N2O3S/c10-9(7-4-2-1-3-5-7)8(12)6-15(11,13)14/h1-5,9H,6,10H2,(H2,11,13,14). The first-order valence-corrected chi connectivity index (χ1v) is 5.95. The molecule has 0 amide bonds. The van der Waals surface area contributed by atoms with Crippen molar-refractivity contribution in [2.45, 2.75) is 6.04 Å². The molecule has 0 heterocycles. The van der Waals surface area contributed by atoms with Gasteiger partial charge in [0, 0.05) is 0 Å². The van der Waals surface area contributed by atoms with Crippen LogP contribution < -0.4 is 10.9 Å². The zero-order chi connectivity index (χ0) is 11.5. The van der Waals surface area contributed by atoms with E-state index >= 15 is 0 Å². The molecule has 0 aliphatic heterocycles. The summed E-state index contributed by atoms with van der Waals surface area (Å²) >= 11 is 0. The predicted octanol–water partition coefficient (Wildman–Crippen LogP) is -0.456. The van der Waals surface area contributed by atoms with Gasteiger partial charge >= 0.3 is 0 Å². The van der Waals surface area contributed by atoms with Crippen molar-refractivity contribution in [3.8, 4) is 0 Å². The molecule has 6 heteroatoms. The third-order valence-corrected chi connectivity index (χ3v) is 2.54. The average molecular weight is 228 g/mol. The van der Waals surface area contributed by atoms with E-state index in [0.29, 0.717) is 5.56 Å². The van der Waals surface area contributed by atoms with Gasteiger partial charge in [-0.1, -0.05) is 30.3 Å². The fraction of sp³-hybridized carbons (Fsp3) is 0.222. The maximum atomic E-state index is 11.4. The largest absolute Gasteiger partial charge is 0.318 e. The lowest BCUT2D eigenvalue weighted by atomic mass is 10.1. The van der Waals surface area contributed by atoms with Crippen molar-refractivity contribution < 1.29 is 13.2 Å². The molecule has 4 N–H and O–H groups in total. The number of hydrogen-bond acceptors (Lipinski definition) is 4. The molecule has 0 aliphatic carbocycles. The van der Waals surface area contributed by atoms with Gasteiger partial charge in [-0.3, -0.25) is 4.79 Å². The number of ketones is 1. The normalized spacial score (nSPS) is 13.5. The van der Waals surface area contributed by atoms with Gasteiger partial charge in [0.1, 0.15) is 5.75 Å². The molecule has 1 aromatic rings. The molecule has 0 aromatic heterocycles. The van der Waals surface area contributed by atoms with Crippen molar-refractivity contribution in [3.05, 3.63) is 35.9 Å². The van der Waals surface area contributed by atoms with Crippen molar-refractivity contribution >= 4 is 15.8 Å². The van der Waals surface area contributed by atoms with Gasteiger partial charge in [-0.05, 0) is 5.56 Å². The number of Topliss-reactive ketones (excluding diaryl/α,β-unsaturated/α-hetero) is 1. The molecule has 82 valence electrons. The van der Waals surface area contributed by atoms with E-state index < -0.39 is 27.6 Å². The summed E-state index contributed by atoms with van der Waals surface area (Å²) in [6, 6.07) is 7.60. The van der Waals surface area contributed by atoms with Crippen LogP contribution in [0.25, 0.3) is 0 Å². The highest BCUT2D eigenvalue weighted by atomic mass is 32.2. The molecule has 5 nitrogen and oxygen atoms in total. The van der Waals surface area contributed by atoms with Crippen molar-refractivity contribution in [2.24, 2.45) is 10.9 Å². The van der Waals surface area contributed by atoms with Crippen LogP contribution in [0.2, 0.25) is 0 Å². The lowest BCUT2D eigenvalue weighted by Gasteiger charge is -2.09. The highest BCUT2D eigenvalue weighted by Crippen LogP contribution is 2.10. The van der Waals surface area contributed by atoms with Crippen LogP contribution in [0.5, 0.6) is 0 Å². The first kappa shape index (κ1) is 11.8. The molecular formula is C9H12N2O3S. The summed E-state index contributed by atoms with van der Waals surface area (Å²) < 4.78 is 21.4. The number of hydrogen-bond donors (Lipinski definition) is 2. The first-order chi connectivity index (χ1) is 6.90. The van der Waals surface area contributed by atoms with Gasteiger partial charge in [0.15, 0.2) is 5.78 Å². The summed E-state index contributed by atoms with van der Waals surface area (Å²) in [5, 5.41) is 4.75. The quantitative estimate of drug-likeness (QED) is 0.728. The maximum absolute atomic E-state index is 11.4. The van der Waals surface area contributed by atoms with E-state index in [2.05, 4.69) is 0 Å². The molecular weight excluding hydrogens is 216 g/mol. The minimum atomic E-state index is -3.81. The van der Waals surface area contributed by atoms with Crippen LogP contribution in [0, 0.1) is 0 Å². The van der Waals surface area contributed by atoms with Crippen LogP contribution in [0.1, 0.15) is 11.6 Å². The van der Waals surface area contributed by atoms with Crippen molar-refractivity contribution in [1.29, 1.82) is 0 Å². The van der Waals surface area contributed by atoms with E-state index in [-0.39, 0.29) is 0 Å². The van der Waals surface area contributed by atoms with Gasteiger partial charge < -0.3 is 5.73 Å². The topological polar surface area (TPSA) is 103 Å². The van der Waals surface area contributed by atoms with Gasteiger partial charge in [-0.25, -0.2) is 13.6 Å². The second-order valence-electron chi connectivity index (χ2n) is 3.16. The van der Waals surface area contributed by atoms with E-state index in [1.54, 1.807) is 30.3 Å². The van der Waals surface area contributed by atoms with Crippen molar-refractivity contribution in [3.63, 3.8) is 0 Å². The summed E-state index contributed by atoms with van der Waals surface area (Å²) in [7, 11) is -3.81. The van der Waals surface area contributed by atoms with E-state index in [1.807, 2.05) is 0 Å². The van der Waals surface area contributed by atoms with Crippen LogP contribution in [-0.4, -0.2) is 20.0 Å². The highest BCUT2D eigenvalue weighted by Gasteiger charge is 2.19. The summed E-state index contributed by atoms with van der Waals surface area (Å²) in [4.78, 5) is 11.4. The zero-order valence-electron chi connectivity index (χ0n) is 7.96. The molecule has 0 saturated heterocycles. The van der Waals surface area contributed by atoms with E-state index in [9.17, 15) is 13.2 Å². The second-order valence-corrected chi connectivity index (χ2v) is 4.78. The Bertz CT molecular complexity index is 442. The molecule has 0 saturated carbocycles. The molecule has 1 rings (SSSR count). The molecule has 1 aromatic carbocycles. The third kappa shape index (κ3) is 3.78. The Kier molecular flexibility index (Phi) is 3.57. The summed E-state index contributed by atoms with van der Waals surface area (Å²) in [5.41, 5.74) is 6.15. The minimum absolute atomic E-state index is 0.575. The van der Waals surface area contributed by atoms with E-state index in [0.717, 1.165) is 0 Å². The minimum Gasteiger partial charge on any atom is -0.318 e. The number of rotatable bonds is 4. The average Bonchev–Trinajstić information content (AvgIpc) is 2.15. The van der Waals surface area contributed by atoms with Gasteiger partial charge in [0.05, 0.1) is 6.04 Å². The highest BCUT2D eigenvalue weighted by molar-refractivity contribution is 7.89. The SMILES string of the molecule is NC(C(=O)CS(N)(=O)=O)c1ccccc1. The summed E-state index contributed by atoms with van der Waals surface area (Å²) in [6.45, 7) is 0. The van der Waals surface area contributed by atoms with E-state index in [4.69, 9.17) is 10.9 Å². The Balaban J connectivity index is 2.78. The molecule has 0 fully saturated rings. The van der Waals surface area contributed by atoms with Gasteiger partial charge in [-0.15, -0.1) is 0 Å². The Morgan fingerprint density at radius 3 is 2.27 bits per heavy atom. The molecule has 0 spiro atoms. The molecule has 0 radical (unpaired) electrons. The number of nitrogens with two attached hydrogens (primary N) is 2. The number of carbonyl (C=O) groups excluding carboxylic acids is 1. The fourth-order valence-corrected chi connectivity index (χ4v) is 1.71. The van der Waals surface area contributed by atoms with Crippen molar-refractivity contribution in [1.82, 2.24) is 0 Å². The van der Waals surface area contributed by atoms with Crippen LogP contribution in [0.15, 0.2) is 30.3 Å². The third-order valence-electron chi connectivity index (χ3n) is 1.85. The summed E-state index contributed by atoms with van der Waals surface area (Å²) in [5.74, 6) is -1.34. The van der Waals surface area contributed by atoms with E-state index in [1.165, 1.54) is 0 Å². The smallest absolute Gasteiger partial charge is 0.216 e. The second kappa shape index (κ2) is 4.52. The lowest BCUT2D eigenvalue weighted by Crippen LogP contribution is -2.31.